The molecule has 2 N–H and O–H groups in total. The number of rotatable bonds is 8. The maximum Gasteiger partial charge on any atom is 0.255 e. The van der Waals surface area contributed by atoms with Gasteiger partial charge in [-0.25, -0.2) is 4.68 Å². The van der Waals surface area contributed by atoms with Gasteiger partial charge in [0.1, 0.15) is 0 Å². The highest BCUT2D eigenvalue weighted by Crippen LogP contribution is 2.34. The molecule has 0 radical (unpaired) electrons. The first-order valence-electron chi connectivity index (χ1n) is 11.7. The predicted octanol–water partition coefficient (Wildman–Crippen LogP) is 3.41. The maximum atomic E-state index is 13.1. The SMILES string of the molecule is C[C@@H](CC(=O)[C@](C)(O)[C@@H](O)C(=O)N1CCCC1c1ccccc1)c1ccc(-n2cccn2)cc1. The van der Waals surface area contributed by atoms with Gasteiger partial charge in [-0.3, -0.25) is 9.59 Å². The average Bonchev–Trinajstić information content (AvgIpc) is 3.56. The second-order valence-corrected chi connectivity index (χ2v) is 9.22. The van der Waals surface area contributed by atoms with Gasteiger partial charge in [0, 0.05) is 25.4 Å². The lowest BCUT2D eigenvalue weighted by Gasteiger charge is -2.33. The molecule has 3 aromatic rings. The number of aromatic nitrogens is 2. The summed E-state index contributed by atoms with van der Waals surface area (Å²) in [6, 6.07) is 19.0. The van der Waals surface area contributed by atoms with Crippen molar-refractivity contribution in [3.8, 4) is 5.69 Å². The molecule has 1 aliphatic heterocycles. The number of carbonyl (C=O) groups is 2. The number of ketones is 1. The fourth-order valence-electron chi connectivity index (χ4n) is 4.58. The van der Waals surface area contributed by atoms with Crippen LogP contribution in [0, 0.1) is 0 Å². The Labute approximate surface area is 199 Å². The van der Waals surface area contributed by atoms with Gasteiger partial charge in [0.25, 0.3) is 5.91 Å². The molecule has 4 rings (SSSR count). The fourth-order valence-corrected chi connectivity index (χ4v) is 4.58. The molecule has 1 aliphatic rings. The summed E-state index contributed by atoms with van der Waals surface area (Å²) in [7, 11) is 0. The van der Waals surface area contributed by atoms with Crippen molar-refractivity contribution in [3.05, 3.63) is 84.2 Å². The number of carbonyl (C=O) groups excluding carboxylic acids is 2. The van der Waals surface area contributed by atoms with E-state index in [0.29, 0.717) is 6.54 Å². The summed E-state index contributed by atoms with van der Waals surface area (Å²) in [5.74, 6) is -1.37. The minimum Gasteiger partial charge on any atom is -0.380 e. The number of hydrogen-bond acceptors (Lipinski definition) is 5. The molecule has 1 amide bonds. The topological polar surface area (TPSA) is 95.7 Å². The molecule has 178 valence electrons. The Morgan fingerprint density at radius 3 is 2.47 bits per heavy atom. The largest absolute Gasteiger partial charge is 0.380 e. The highest BCUT2D eigenvalue weighted by Gasteiger charge is 2.46. The minimum absolute atomic E-state index is 0.000566. The smallest absolute Gasteiger partial charge is 0.255 e. The fraction of sp³-hybridized carbons (Fsp3) is 0.370. The molecule has 1 unspecified atom stereocenters. The van der Waals surface area contributed by atoms with Crippen LogP contribution in [0.15, 0.2) is 73.1 Å². The van der Waals surface area contributed by atoms with E-state index in [1.165, 1.54) is 6.92 Å². The lowest BCUT2D eigenvalue weighted by molar-refractivity contribution is -0.165. The van der Waals surface area contributed by atoms with E-state index < -0.39 is 23.4 Å². The average molecular weight is 462 g/mol. The highest BCUT2D eigenvalue weighted by molar-refractivity contribution is 5.95. The van der Waals surface area contributed by atoms with Crippen LogP contribution < -0.4 is 0 Å². The van der Waals surface area contributed by atoms with E-state index in [-0.39, 0.29) is 18.4 Å². The van der Waals surface area contributed by atoms with Gasteiger partial charge in [-0.1, -0.05) is 49.4 Å². The van der Waals surface area contributed by atoms with Crippen molar-refractivity contribution in [1.29, 1.82) is 0 Å². The van der Waals surface area contributed by atoms with Gasteiger partial charge in [-0.05, 0) is 55.0 Å². The molecule has 7 heteroatoms. The van der Waals surface area contributed by atoms with E-state index in [2.05, 4.69) is 5.10 Å². The van der Waals surface area contributed by atoms with E-state index in [1.54, 1.807) is 15.8 Å². The number of amides is 1. The lowest BCUT2D eigenvalue weighted by atomic mass is 9.85. The van der Waals surface area contributed by atoms with Gasteiger partial charge in [0.05, 0.1) is 11.7 Å². The monoisotopic (exact) mass is 461 g/mol. The Morgan fingerprint density at radius 2 is 1.82 bits per heavy atom. The van der Waals surface area contributed by atoms with Crippen molar-refractivity contribution in [3.63, 3.8) is 0 Å². The second kappa shape index (κ2) is 9.91. The van der Waals surface area contributed by atoms with Gasteiger partial charge in [0.15, 0.2) is 17.5 Å². The van der Waals surface area contributed by atoms with E-state index in [4.69, 9.17) is 0 Å². The first-order valence-corrected chi connectivity index (χ1v) is 11.7. The van der Waals surface area contributed by atoms with E-state index in [1.807, 2.05) is 73.8 Å². The third kappa shape index (κ3) is 4.81. The number of nitrogens with zero attached hydrogens (tertiary/aromatic N) is 3. The molecule has 0 saturated carbocycles. The van der Waals surface area contributed by atoms with Crippen molar-refractivity contribution in [2.75, 3.05) is 6.54 Å². The summed E-state index contributed by atoms with van der Waals surface area (Å²) in [5, 5.41) is 25.9. The van der Waals surface area contributed by atoms with Gasteiger partial charge in [0.2, 0.25) is 0 Å². The number of hydrogen-bond donors (Lipinski definition) is 2. The van der Waals surface area contributed by atoms with Crippen molar-refractivity contribution in [2.24, 2.45) is 0 Å². The number of aliphatic hydroxyl groups excluding tert-OH is 1. The van der Waals surface area contributed by atoms with Crippen molar-refractivity contribution >= 4 is 11.7 Å². The van der Waals surface area contributed by atoms with Crippen LogP contribution in [-0.4, -0.2) is 54.8 Å². The van der Waals surface area contributed by atoms with E-state index in [0.717, 1.165) is 29.7 Å². The van der Waals surface area contributed by atoms with Gasteiger partial charge in [-0.15, -0.1) is 0 Å². The van der Waals surface area contributed by atoms with E-state index >= 15 is 0 Å². The van der Waals surface area contributed by atoms with Gasteiger partial charge in [-0.2, -0.15) is 5.10 Å². The van der Waals surface area contributed by atoms with Crippen LogP contribution in [0.5, 0.6) is 0 Å². The lowest BCUT2D eigenvalue weighted by Crippen LogP contribution is -2.55. The summed E-state index contributed by atoms with van der Waals surface area (Å²) >= 11 is 0. The molecular formula is C27H31N3O4. The van der Waals surface area contributed by atoms with Crippen LogP contribution in [0.2, 0.25) is 0 Å². The molecule has 7 nitrogen and oxygen atoms in total. The first kappa shape index (κ1) is 23.9. The summed E-state index contributed by atoms with van der Waals surface area (Å²) in [6.07, 6.45) is 3.32. The maximum absolute atomic E-state index is 13.1. The highest BCUT2D eigenvalue weighted by atomic mass is 16.4. The summed E-state index contributed by atoms with van der Waals surface area (Å²) in [4.78, 5) is 27.7. The van der Waals surface area contributed by atoms with Crippen molar-refractivity contribution in [2.45, 2.75) is 56.8 Å². The molecule has 0 bridgehead atoms. The Bertz CT molecular complexity index is 1110. The first-order chi connectivity index (χ1) is 16.3. The van der Waals surface area contributed by atoms with Crippen LogP contribution >= 0.6 is 0 Å². The van der Waals surface area contributed by atoms with Gasteiger partial charge < -0.3 is 15.1 Å². The molecule has 1 aromatic heterocycles. The Hall–Kier alpha value is -3.29. The quantitative estimate of drug-likeness (QED) is 0.536. The predicted molar refractivity (Wildman–Crippen MR) is 128 cm³/mol. The van der Waals surface area contributed by atoms with Gasteiger partial charge >= 0.3 is 0 Å². The zero-order valence-electron chi connectivity index (χ0n) is 19.5. The molecule has 4 atom stereocenters. The Balaban J connectivity index is 1.42. The molecule has 2 heterocycles. The zero-order valence-corrected chi connectivity index (χ0v) is 19.5. The minimum atomic E-state index is -2.18. The molecule has 1 saturated heterocycles. The van der Waals surface area contributed by atoms with Crippen LogP contribution in [0.3, 0.4) is 0 Å². The summed E-state index contributed by atoms with van der Waals surface area (Å²) in [6.45, 7) is 3.61. The molecular weight excluding hydrogens is 430 g/mol. The van der Waals surface area contributed by atoms with Crippen molar-refractivity contribution in [1.82, 2.24) is 14.7 Å². The standard InChI is InChI=1S/C27H31N3O4/c1-19(20-11-13-22(14-12-20)30-17-7-15-28-30)18-24(31)27(2,34)25(32)26(33)29-16-6-10-23(29)21-8-4-3-5-9-21/h3-5,7-9,11-15,17,19,23,25,32,34H,6,10,16,18H2,1-2H3/t19-,23?,25-,27-/m0/s1. The molecule has 2 aromatic carbocycles. The molecule has 34 heavy (non-hydrogen) atoms. The molecule has 1 fully saturated rings. The third-order valence-corrected chi connectivity index (χ3v) is 6.77. The Kier molecular flexibility index (Phi) is 6.95. The third-order valence-electron chi connectivity index (χ3n) is 6.77. The van der Waals surface area contributed by atoms with Crippen LogP contribution in [0.1, 0.15) is 56.2 Å². The number of aliphatic hydroxyl groups is 2. The summed E-state index contributed by atoms with van der Waals surface area (Å²) < 4.78 is 1.74. The Morgan fingerprint density at radius 1 is 1.12 bits per heavy atom. The van der Waals surface area contributed by atoms with E-state index in [9.17, 15) is 19.8 Å². The molecule has 0 spiro atoms. The van der Waals surface area contributed by atoms with Crippen LogP contribution in [0.25, 0.3) is 5.69 Å². The number of benzene rings is 2. The van der Waals surface area contributed by atoms with Crippen LogP contribution in [-0.2, 0) is 9.59 Å². The zero-order chi connectivity index (χ0) is 24.3. The number of Topliss-reactive ketones (excluding diaryl/α,β-unsaturated/α-hetero) is 1. The normalized spacial score (nSPS) is 19.4. The van der Waals surface area contributed by atoms with Crippen LogP contribution in [0.4, 0.5) is 0 Å². The molecule has 0 aliphatic carbocycles. The summed E-state index contributed by atoms with van der Waals surface area (Å²) in [5.41, 5.74) is 0.631. The van der Waals surface area contributed by atoms with Crippen molar-refractivity contribution < 1.29 is 19.8 Å². The number of likely N-dealkylation sites (tertiary alicyclic amines) is 1. The second-order valence-electron chi connectivity index (χ2n) is 9.22.